The van der Waals surface area contributed by atoms with Crippen LogP contribution in [0.1, 0.15) is 79.6 Å². The van der Waals surface area contributed by atoms with E-state index >= 15 is 8.78 Å². The van der Waals surface area contributed by atoms with E-state index in [4.69, 9.17) is 17.0 Å². The minimum absolute atomic E-state index is 0.107. The molecule has 2 N–H and O–H groups in total. The third-order valence-electron chi connectivity index (χ3n) is 9.88. The Hall–Kier alpha value is -1.67. The Labute approximate surface area is 211 Å². The molecule has 0 aromatic rings. The van der Waals surface area contributed by atoms with Crippen molar-refractivity contribution in [1.82, 2.24) is 0 Å². The number of esters is 1. The molecule has 0 aromatic carbocycles. The summed E-state index contributed by atoms with van der Waals surface area (Å²) in [7, 11) is 0. The first-order valence-corrected chi connectivity index (χ1v) is 13.1. The fourth-order valence-electron chi connectivity index (χ4n) is 8.19. The lowest BCUT2D eigenvalue weighted by molar-refractivity contribution is -0.218. The molecule has 8 heteroatoms. The van der Waals surface area contributed by atoms with Crippen molar-refractivity contribution in [3.05, 3.63) is 23.0 Å². The summed E-state index contributed by atoms with van der Waals surface area (Å²) in [5.41, 5.74) is -6.03. The molecular weight excluding hydrogens is 474 g/mol. The summed E-state index contributed by atoms with van der Waals surface area (Å²) in [4.78, 5) is 25.1. The number of aliphatic hydroxyl groups is 2. The van der Waals surface area contributed by atoms with Gasteiger partial charge in [-0.3, -0.25) is 9.59 Å². The molecule has 5 nitrogen and oxygen atoms in total. The summed E-state index contributed by atoms with van der Waals surface area (Å²) < 4.78 is 38.5. The Morgan fingerprint density at radius 2 is 1.97 bits per heavy atom. The van der Waals surface area contributed by atoms with Crippen molar-refractivity contribution >= 4 is 29.0 Å². The van der Waals surface area contributed by atoms with Crippen LogP contribution in [0.25, 0.3) is 0 Å². The lowest BCUT2D eigenvalue weighted by Gasteiger charge is -2.62. The van der Waals surface area contributed by atoms with Gasteiger partial charge in [-0.05, 0) is 75.2 Å². The summed E-state index contributed by atoms with van der Waals surface area (Å²) in [5.74, 6) is -3.62. The van der Waals surface area contributed by atoms with E-state index in [-0.39, 0.29) is 42.7 Å². The van der Waals surface area contributed by atoms with Gasteiger partial charge >= 0.3 is 5.97 Å². The fraction of sp³-hybridized carbons (Fsp3) is 0.741. The number of unbranched alkanes of at least 4 members (excludes halogenated alkanes) is 1. The number of carbonyl (C=O) groups excluding carboxylic acids is 2. The molecule has 0 unspecified atom stereocenters. The van der Waals surface area contributed by atoms with Gasteiger partial charge in [0.1, 0.15) is 0 Å². The first-order valence-electron chi connectivity index (χ1n) is 12.7. The lowest BCUT2D eigenvalue weighted by atomic mass is 9.44. The number of rotatable bonds is 5. The van der Waals surface area contributed by atoms with E-state index in [2.05, 4.69) is 0 Å². The summed E-state index contributed by atoms with van der Waals surface area (Å²) in [6.07, 6.45) is 2.27. The molecule has 35 heavy (non-hydrogen) atoms. The van der Waals surface area contributed by atoms with Gasteiger partial charge in [-0.1, -0.05) is 33.3 Å². The molecule has 194 valence electrons. The van der Waals surface area contributed by atoms with Gasteiger partial charge in [-0.15, -0.1) is 0 Å². The number of ether oxygens (including phenoxy) is 1. The highest BCUT2D eigenvalue weighted by atomic mass is 32.1. The van der Waals surface area contributed by atoms with Crippen molar-refractivity contribution < 1.29 is 33.3 Å². The summed E-state index contributed by atoms with van der Waals surface area (Å²) in [5, 5.41) is 21.9. The second kappa shape index (κ2) is 8.44. The summed E-state index contributed by atoms with van der Waals surface area (Å²) >= 11 is 5.29. The maximum Gasteiger partial charge on any atom is 0.306 e. The van der Waals surface area contributed by atoms with Gasteiger partial charge in [0.15, 0.2) is 17.1 Å². The molecule has 0 bridgehead atoms. The van der Waals surface area contributed by atoms with Crippen molar-refractivity contribution in [3.63, 3.8) is 0 Å². The van der Waals surface area contributed by atoms with Crippen LogP contribution in [0, 0.1) is 28.6 Å². The number of aliphatic hydroxyl groups excluding tert-OH is 2. The molecule has 4 rings (SSSR count). The van der Waals surface area contributed by atoms with Crippen molar-refractivity contribution in [2.75, 3.05) is 0 Å². The fourth-order valence-corrected chi connectivity index (χ4v) is 8.67. The maximum absolute atomic E-state index is 17.4. The molecular formula is C27H36F2O5S. The number of Topliss-reactive ketones (excluding diaryl/α,β-unsaturated/α-hetero) is 1. The highest BCUT2D eigenvalue weighted by molar-refractivity contribution is 7.80. The smallest absolute Gasteiger partial charge is 0.306 e. The van der Waals surface area contributed by atoms with Crippen LogP contribution in [-0.2, 0) is 14.3 Å². The van der Waals surface area contributed by atoms with Crippen LogP contribution in [0.2, 0.25) is 0 Å². The number of allylic oxidation sites excluding steroid dienone is 4. The van der Waals surface area contributed by atoms with Crippen LogP contribution >= 0.6 is 12.2 Å². The Morgan fingerprint density at radius 1 is 1.31 bits per heavy atom. The van der Waals surface area contributed by atoms with Gasteiger partial charge in [-0.2, -0.15) is 0 Å². The number of thiocarbonyl (C=S) groups is 1. The first kappa shape index (κ1) is 26.4. The van der Waals surface area contributed by atoms with Gasteiger partial charge in [0, 0.05) is 29.1 Å². The molecule has 0 amide bonds. The summed E-state index contributed by atoms with van der Waals surface area (Å²) in [6.45, 7) is 8.66. The van der Waals surface area contributed by atoms with Gasteiger partial charge in [0.2, 0.25) is 10.8 Å². The quantitative estimate of drug-likeness (QED) is 0.367. The summed E-state index contributed by atoms with van der Waals surface area (Å²) in [6, 6.07) is 0. The average Bonchev–Trinajstić information content (AvgIpc) is 2.99. The number of halogens is 2. The molecule has 0 saturated heterocycles. The van der Waals surface area contributed by atoms with E-state index in [1.165, 1.54) is 13.0 Å². The molecule has 4 aliphatic carbocycles. The van der Waals surface area contributed by atoms with Gasteiger partial charge in [0.05, 0.1) is 6.10 Å². The average molecular weight is 511 g/mol. The number of hydrogen-bond acceptors (Lipinski definition) is 5. The first-order chi connectivity index (χ1) is 16.2. The maximum atomic E-state index is 17.4. The molecule has 3 fully saturated rings. The van der Waals surface area contributed by atoms with Crippen LogP contribution in [0.4, 0.5) is 8.78 Å². The molecule has 0 spiro atoms. The third kappa shape index (κ3) is 3.20. The van der Waals surface area contributed by atoms with E-state index in [0.29, 0.717) is 12.8 Å². The molecule has 0 aliphatic heterocycles. The minimum atomic E-state index is -2.23. The van der Waals surface area contributed by atoms with Crippen LogP contribution < -0.4 is 0 Å². The lowest BCUT2D eigenvalue weighted by Crippen LogP contribution is -2.70. The van der Waals surface area contributed by atoms with E-state index in [1.54, 1.807) is 6.92 Å². The zero-order valence-electron chi connectivity index (χ0n) is 21.1. The number of alkyl halides is 1. The predicted octanol–water partition coefficient (Wildman–Crippen LogP) is 5.65. The van der Waals surface area contributed by atoms with E-state index in [9.17, 15) is 19.8 Å². The minimum Gasteiger partial charge on any atom is -0.499 e. The van der Waals surface area contributed by atoms with E-state index in [1.807, 2.05) is 20.8 Å². The van der Waals surface area contributed by atoms with E-state index in [0.717, 1.165) is 6.42 Å². The number of carbonyl (C=O) groups is 2. The van der Waals surface area contributed by atoms with Crippen molar-refractivity contribution in [1.29, 1.82) is 0 Å². The predicted molar refractivity (Wildman–Crippen MR) is 131 cm³/mol. The Morgan fingerprint density at radius 3 is 2.57 bits per heavy atom. The second-order valence-electron chi connectivity index (χ2n) is 11.6. The molecule has 4 aliphatic rings. The number of ketones is 1. The highest BCUT2D eigenvalue weighted by Crippen LogP contribution is 2.72. The topological polar surface area (TPSA) is 83.8 Å². The molecule has 8 atom stereocenters. The molecule has 3 saturated carbocycles. The third-order valence-corrected chi connectivity index (χ3v) is 10.2. The SMILES string of the molecule is CCCCC(=O)O[C@]1(C(O)=S)[C@@H](C)C[C@H]2[C@@H]3CCC4=C(F)C(=O)C(C)=C[C@]4(C)[C@@]3(F)[C@@H](O)C[C@@]21C. The molecule has 0 heterocycles. The van der Waals surface area contributed by atoms with Crippen LogP contribution in [0.15, 0.2) is 23.0 Å². The van der Waals surface area contributed by atoms with Gasteiger partial charge in [-0.25, -0.2) is 8.78 Å². The van der Waals surface area contributed by atoms with E-state index < -0.39 is 62.7 Å². The standard InChI is InChI=1S/C27H36F2O5S/c1-6-7-8-20(31)34-27(23(33)35)15(3)11-18-16-9-10-17-21(28)22(32)14(2)12-24(17,4)26(16,29)19(30)13-25(18,27)5/h12,15-16,18-19,30H,6-11,13H2,1-5H3,(H,33,35)/t15-,16-,18-,19-,24-,25-,26-,27-/m0/s1. The van der Waals surface area contributed by atoms with Crippen molar-refractivity contribution in [2.24, 2.45) is 28.6 Å². The second-order valence-corrected chi connectivity index (χ2v) is 12.0. The van der Waals surface area contributed by atoms with Crippen LogP contribution in [-0.4, -0.2) is 44.4 Å². The normalized spacial score (nSPS) is 44.8. The number of hydrogen-bond donors (Lipinski definition) is 2. The van der Waals surface area contributed by atoms with Crippen molar-refractivity contribution in [2.45, 2.75) is 96.9 Å². The monoisotopic (exact) mass is 510 g/mol. The Bertz CT molecular complexity index is 1040. The molecule has 0 radical (unpaired) electrons. The zero-order valence-corrected chi connectivity index (χ0v) is 21.9. The molecule has 0 aromatic heterocycles. The Kier molecular flexibility index (Phi) is 6.36. The van der Waals surface area contributed by atoms with Crippen LogP contribution in [0.5, 0.6) is 0 Å². The van der Waals surface area contributed by atoms with Gasteiger partial charge in [0.25, 0.3) is 0 Å². The van der Waals surface area contributed by atoms with Gasteiger partial charge < -0.3 is 14.9 Å². The zero-order chi connectivity index (χ0) is 26.1. The number of fused-ring (bicyclic) bond motifs is 5. The largest absolute Gasteiger partial charge is 0.499 e. The van der Waals surface area contributed by atoms with Crippen LogP contribution in [0.3, 0.4) is 0 Å². The highest BCUT2D eigenvalue weighted by Gasteiger charge is 2.77. The Balaban J connectivity index is 1.82. The van der Waals surface area contributed by atoms with Crippen molar-refractivity contribution in [3.8, 4) is 0 Å².